The smallest absolute Gasteiger partial charge is 0.167 e. The van der Waals surface area contributed by atoms with Crippen molar-refractivity contribution in [3.63, 3.8) is 0 Å². The molecule has 2 nitrogen and oxygen atoms in total. The van der Waals surface area contributed by atoms with Gasteiger partial charge in [0, 0.05) is 17.8 Å². The molecule has 17 heavy (non-hydrogen) atoms. The van der Waals surface area contributed by atoms with Gasteiger partial charge in [0.05, 0.1) is 7.11 Å². The normalized spacial score (nSPS) is 12.6. The molecule has 0 spiro atoms. The van der Waals surface area contributed by atoms with Crippen molar-refractivity contribution in [1.29, 1.82) is 0 Å². The fourth-order valence-corrected chi connectivity index (χ4v) is 1.70. The molecular weight excluding hydrogens is 217 g/mol. The summed E-state index contributed by atoms with van der Waals surface area (Å²) < 4.78 is 18.3. The van der Waals surface area contributed by atoms with Gasteiger partial charge in [0.2, 0.25) is 0 Å². The summed E-state index contributed by atoms with van der Waals surface area (Å²) in [6.07, 6.45) is 2.26. The maximum Gasteiger partial charge on any atom is 0.167 e. The molecule has 0 aliphatic carbocycles. The lowest BCUT2D eigenvalue weighted by Gasteiger charge is -2.16. The summed E-state index contributed by atoms with van der Waals surface area (Å²) in [6, 6.07) is 5.32. The number of nitrogens with one attached hydrogen (secondary N) is 1. The summed E-state index contributed by atoms with van der Waals surface area (Å²) in [5, 5.41) is 3.29. The Bertz CT molecular complexity index is 352. The average Bonchev–Trinajstić information content (AvgIpc) is 2.26. The molecule has 1 unspecified atom stereocenters. The highest BCUT2D eigenvalue weighted by Gasteiger charge is 2.07. The van der Waals surface area contributed by atoms with Gasteiger partial charge in [-0.05, 0) is 37.8 Å². The molecule has 1 rings (SSSR count). The number of halogens is 1. The monoisotopic (exact) mass is 239 g/mol. The van der Waals surface area contributed by atoms with Gasteiger partial charge in [0.15, 0.2) is 11.6 Å². The molecule has 0 aromatic heterocycles. The van der Waals surface area contributed by atoms with Crippen molar-refractivity contribution >= 4 is 5.69 Å². The van der Waals surface area contributed by atoms with Crippen molar-refractivity contribution in [1.82, 2.24) is 0 Å². The Kier molecular flexibility index (Phi) is 5.26. The third-order valence-corrected chi connectivity index (χ3v) is 2.74. The second-order valence-electron chi connectivity index (χ2n) is 4.87. The lowest BCUT2D eigenvalue weighted by atomic mass is 10.0. The maximum atomic E-state index is 13.4. The Hall–Kier alpha value is -1.25. The van der Waals surface area contributed by atoms with Gasteiger partial charge >= 0.3 is 0 Å². The molecule has 0 bridgehead atoms. The number of rotatable bonds is 6. The first-order valence-corrected chi connectivity index (χ1v) is 6.13. The third-order valence-electron chi connectivity index (χ3n) is 2.74. The zero-order chi connectivity index (χ0) is 12.8. The first kappa shape index (κ1) is 13.8. The van der Waals surface area contributed by atoms with E-state index in [1.54, 1.807) is 6.07 Å². The fourth-order valence-electron chi connectivity index (χ4n) is 1.70. The van der Waals surface area contributed by atoms with Crippen LogP contribution < -0.4 is 10.1 Å². The van der Waals surface area contributed by atoms with Crippen molar-refractivity contribution in [2.45, 2.75) is 39.7 Å². The first-order chi connectivity index (χ1) is 8.02. The van der Waals surface area contributed by atoms with Crippen LogP contribution in [0.15, 0.2) is 18.2 Å². The van der Waals surface area contributed by atoms with Gasteiger partial charge in [-0.25, -0.2) is 4.39 Å². The Labute approximate surface area is 103 Å². The van der Waals surface area contributed by atoms with Crippen LogP contribution >= 0.6 is 0 Å². The van der Waals surface area contributed by atoms with E-state index < -0.39 is 0 Å². The lowest BCUT2D eigenvalue weighted by molar-refractivity contribution is 0.386. The number of ether oxygens (including phenoxy) is 1. The fraction of sp³-hybridized carbons (Fsp3) is 0.571. The zero-order valence-corrected chi connectivity index (χ0v) is 11.1. The van der Waals surface area contributed by atoms with Crippen LogP contribution in [0.4, 0.5) is 10.1 Å². The van der Waals surface area contributed by atoms with Gasteiger partial charge in [-0.2, -0.15) is 0 Å². The second-order valence-corrected chi connectivity index (χ2v) is 4.87. The van der Waals surface area contributed by atoms with E-state index in [0.29, 0.717) is 12.0 Å². The van der Waals surface area contributed by atoms with Crippen molar-refractivity contribution in [2.75, 3.05) is 12.4 Å². The molecule has 1 atom stereocenters. The minimum Gasteiger partial charge on any atom is -0.494 e. The molecule has 1 N–H and O–H groups in total. The molecule has 0 fully saturated rings. The number of anilines is 1. The van der Waals surface area contributed by atoms with Crippen molar-refractivity contribution in [2.24, 2.45) is 5.92 Å². The van der Waals surface area contributed by atoms with E-state index in [9.17, 15) is 4.39 Å². The average molecular weight is 239 g/mol. The molecule has 96 valence electrons. The van der Waals surface area contributed by atoms with Crippen LogP contribution in [-0.4, -0.2) is 13.2 Å². The highest BCUT2D eigenvalue weighted by molar-refractivity contribution is 5.47. The van der Waals surface area contributed by atoms with E-state index in [1.807, 2.05) is 6.07 Å². The molecule has 0 amide bonds. The minimum atomic E-state index is -0.325. The summed E-state index contributed by atoms with van der Waals surface area (Å²) in [7, 11) is 1.47. The van der Waals surface area contributed by atoms with Crippen molar-refractivity contribution in [3.05, 3.63) is 24.0 Å². The number of methoxy groups -OCH3 is 1. The van der Waals surface area contributed by atoms with E-state index in [-0.39, 0.29) is 11.6 Å². The summed E-state index contributed by atoms with van der Waals surface area (Å²) in [6.45, 7) is 6.53. The van der Waals surface area contributed by atoms with Gasteiger partial charge in [0.25, 0.3) is 0 Å². The third kappa shape index (κ3) is 4.63. The number of hydrogen-bond acceptors (Lipinski definition) is 2. The van der Waals surface area contributed by atoms with Gasteiger partial charge in [-0.15, -0.1) is 0 Å². The molecule has 0 saturated carbocycles. The summed E-state index contributed by atoms with van der Waals surface area (Å²) in [5.41, 5.74) is 0.805. The van der Waals surface area contributed by atoms with Crippen LogP contribution in [-0.2, 0) is 0 Å². The molecule has 1 aromatic rings. The molecule has 1 aromatic carbocycles. The topological polar surface area (TPSA) is 21.3 Å². The van der Waals surface area contributed by atoms with Gasteiger partial charge < -0.3 is 10.1 Å². The summed E-state index contributed by atoms with van der Waals surface area (Å²) >= 11 is 0. The Balaban J connectivity index is 2.53. The van der Waals surface area contributed by atoms with Gasteiger partial charge in [-0.1, -0.05) is 13.8 Å². The number of benzene rings is 1. The Morgan fingerprint density at radius 1 is 1.24 bits per heavy atom. The molecule has 3 heteroatoms. The molecule has 0 aliphatic rings. The van der Waals surface area contributed by atoms with Gasteiger partial charge in [-0.3, -0.25) is 0 Å². The Morgan fingerprint density at radius 3 is 2.47 bits per heavy atom. The predicted molar refractivity (Wildman–Crippen MR) is 70.1 cm³/mol. The first-order valence-electron chi connectivity index (χ1n) is 6.13. The molecule has 0 heterocycles. The SMILES string of the molecule is COc1ccc(NC(C)CCC(C)C)cc1F. The van der Waals surface area contributed by atoms with Crippen LogP contribution in [0.2, 0.25) is 0 Å². The van der Waals surface area contributed by atoms with E-state index >= 15 is 0 Å². The van der Waals surface area contributed by atoms with Crippen LogP contribution in [0.5, 0.6) is 5.75 Å². The second kappa shape index (κ2) is 6.48. The van der Waals surface area contributed by atoms with E-state index in [0.717, 1.165) is 12.1 Å². The van der Waals surface area contributed by atoms with Crippen LogP contribution in [0.3, 0.4) is 0 Å². The van der Waals surface area contributed by atoms with E-state index in [2.05, 4.69) is 26.1 Å². The minimum absolute atomic E-state index is 0.283. The van der Waals surface area contributed by atoms with Gasteiger partial charge in [0.1, 0.15) is 0 Å². The quantitative estimate of drug-likeness (QED) is 0.808. The Morgan fingerprint density at radius 2 is 1.94 bits per heavy atom. The predicted octanol–water partition coefficient (Wildman–Crippen LogP) is 4.07. The zero-order valence-electron chi connectivity index (χ0n) is 11.1. The van der Waals surface area contributed by atoms with Crippen molar-refractivity contribution in [3.8, 4) is 5.75 Å². The highest BCUT2D eigenvalue weighted by Crippen LogP contribution is 2.21. The van der Waals surface area contributed by atoms with Crippen LogP contribution in [0.1, 0.15) is 33.6 Å². The maximum absolute atomic E-state index is 13.4. The molecular formula is C14H22FNO. The molecule has 0 saturated heterocycles. The van der Waals surface area contributed by atoms with Crippen LogP contribution in [0, 0.1) is 11.7 Å². The summed E-state index contributed by atoms with van der Waals surface area (Å²) in [4.78, 5) is 0. The molecule has 0 radical (unpaired) electrons. The van der Waals surface area contributed by atoms with Crippen LogP contribution in [0.25, 0.3) is 0 Å². The highest BCUT2D eigenvalue weighted by atomic mass is 19.1. The van der Waals surface area contributed by atoms with E-state index in [1.165, 1.54) is 19.6 Å². The van der Waals surface area contributed by atoms with E-state index in [4.69, 9.17) is 4.74 Å². The standard InChI is InChI=1S/C14H22FNO/c1-10(2)5-6-11(3)16-12-7-8-14(17-4)13(15)9-12/h7-11,16H,5-6H2,1-4H3. The lowest BCUT2D eigenvalue weighted by Crippen LogP contribution is -2.15. The summed E-state index contributed by atoms with van der Waals surface area (Å²) in [5.74, 6) is 0.658. The largest absolute Gasteiger partial charge is 0.494 e. The molecule has 0 aliphatic heterocycles. The number of hydrogen-bond donors (Lipinski definition) is 1. The van der Waals surface area contributed by atoms with Crippen molar-refractivity contribution < 1.29 is 9.13 Å².